The zero-order valence-electron chi connectivity index (χ0n) is 11.6. The molecular weight excluding hydrogens is 244 g/mol. The van der Waals surface area contributed by atoms with Gasteiger partial charge in [0.2, 0.25) is 0 Å². The fourth-order valence-electron chi connectivity index (χ4n) is 1.37. The van der Waals surface area contributed by atoms with E-state index in [2.05, 4.69) is 31.6 Å². The molecule has 2 nitrogen and oxygen atoms in total. The standard InChI is InChI=1S/C18H20N2/c1-14(10-12-16(3)19)15(2)11-13-17(4)20-18-8-6-5-7-9-18/h5-13,20H,1-4,19H2/b12-10-,13-11-. The lowest BCUT2D eigenvalue weighted by Gasteiger charge is -2.05. The molecule has 0 bridgehead atoms. The molecule has 0 amide bonds. The van der Waals surface area contributed by atoms with Crippen LogP contribution in [-0.4, -0.2) is 0 Å². The summed E-state index contributed by atoms with van der Waals surface area (Å²) in [4.78, 5) is 0. The highest BCUT2D eigenvalue weighted by molar-refractivity contribution is 5.51. The third kappa shape index (κ3) is 5.74. The zero-order valence-corrected chi connectivity index (χ0v) is 11.6. The van der Waals surface area contributed by atoms with Gasteiger partial charge in [0.05, 0.1) is 0 Å². The van der Waals surface area contributed by atoms with E-state index in [-0.39, 0.29) is 0 Å². The van der Waals surface area contributed by atoms with Crippen LogP contribution < -0.4 is 11.1 Å². The molecule has 0 unspecified atom stereocenters. The second-order valence-electron chi connectivity index (χ2n) is 4.31. The van der Waals surface area contributed by atoms with Gasteiger partial charge < -0.3 is 11.1 Å². The molecule has 0 aliphatic carbocycles. The lowest BCUT2D eigenvalue weighted by Crippen LogP contribution is -1.94. The Hall–Kier alpha value is -2.74. The number of hydrogen-bond donors (Lipinski definition) is 2. The van der Waals surface area contributed by atoms with Gasteiger partial charge in [-0.25, -0.2) is 0 Å². The minimum absolute atomic E-state index is 0.484. The molecule has 0 fully saturated rings. The number of allylic oxidation sites excluding steroid dienone is 6. The first-order valence-corrected chi connectivity index (χ1v) is 6.18. The van der Waals surface area contributed by atoms with Crippen LogP contribution in [0.15, 0.2) is 103 Å². The Morgan fingerprint density at radius 2 is 1.40 bits per heavy atom. The van der Waals surface area contributed by atoms with Crippen molar-refractivity contribution in [2.75, 3.05) is 5.32 Å². The molecule has 3 N–H and O–H groups in total. The number of hydrogen-bond acceptors (Lipinski definition) is 2. The summed E-state index contributed by atoms with van der Waals surface area (Å²) >= 11 is 0. The first kappa shape index (κ1) is 15.3. The Morgan fingerprint density at radius 1 is 0.850 bits per heavy atom. The molecule has 0 aliphatic rings. The summed E-state index contributed by atoms with van der Waals surface area (Å²) in [5, 5.41) is 3.18. The van der Waals surface area contributed by atoms with E-state index in [0.29, 0.717) is 5.70 Å². The predicted molar refractivity (Wildman–Crippen MR) is 89.1 cm³/mol. The Balaban J connectivity index is 2.55. The smallest absolute Gasteiger partial charge is 0.0384 e. The van der Waals surface area contributed by atoms with E-state index in [4.69, 9.17) is 5.73 Å². The van der Waals surface area contributed by atoms with Gasteiger partial charge in [-0.1, -0.05) is 56.7 Å². The monoisotopic (exact) mass is 264 g/mol. The minimum atomic E-state index is 0.484. The Morgan fingerprint density at radius 3 is 1.95 bits per heavy atom. The van der Waals surface area contributed by atoms with Crippen LogP contribution in [0.2, 0.25) is 0 Å². The molecular formula is C18H20N2. The van der Waals surface area contributed by atoms with E-state index in [0.717, 1.165) is 22.5 Å². The van der Waals surface area contributed by atoms with Gasteiger partial charge in [0.1, 0.15) is 0 Å². The summed E-state index contributed by atoms with van der Waals surface area (Å²) in [6.45, 7) is 15.4. The Bertz CT molecular complexity index is 575. The van der Waals surface area contributed by atoms with Crippen LogP contribution in [0.25, 0.3) is 0 Å². The molecule has 0 radical (unpaired) electrons. The summed E-state index contributed by atoms with van der Waals surface area (Å²) in [6.07, 6.45) is 7.18. The fourth-order valence-corrected chi connectivity index (χ4v) is 1.37. The Labute approximate surface area is 121 Å². The Kier molecular flexibility index (Phi) is 5.85. The van der Waals surface area contributed by atoms with Crippen LogP contribution in [0.1, 0.15) is 0 Å². The second-order valence-corrected chi connectivity index (χ2v) is 4.31. The molecule has 0 atom stereocenters. The average molecular weight is 264 g/mol. The van der Waals surface area contributed by atoms with Crippen molar-refractivity contribution in [2.45, 2.75) is 0 Å². The molecule has 0 aliphatic heterocycles. The van der Waals surface area contributed by atoms with Crippen molar-refractivity contribution in [3.63, 3.8) is 0 Å². The molecule has 0 saturated carbocycles. The molecule has 20 heavy (non-hydrogen) atoms. The maximum atomic E-state index is 5.45. The van der Waals surface area contributed by atoms with E-state index in [9.17, 15) is 0 Å². The molecule has 0 heterocycles. The van der Waals surface area contributed by atoms with Crippen LogP contribution in [0, 0.1) is 0 Å². The first-order valence-electron chi connectivity index (χ1n) is 6.18. The number of para-hydroxylation sites is 1. The third-order valence-electron chi connectivity index (χ3n) is 2.48. The summed E-state index contributed by atoms with van der Waals surface area (Å²) in [5.74, 6) is 0. The number of anilines is 1. The maximum absolute atomic E-state index is 5.45. The lowest BCUT2D eigenvalue weighted by molar-refractivity contribution is 1.44. The zero-order chi connectivity index (χ0) is 15.0. The van der Waals surface area contributed by atoms with Crippen molar-refractivity contribution in [1.29, 1.82) is 0 Å². The molecule has 1 rings (SSSR count). The van der Waals surface area contributed by atoms with Crippen molar-refractivity contribution in [3.8, 4) is 0 Å². The van der Waals surface area contributed by atoms with Gasteiger partial charge in [-0.05, 0) is 35.4 Å². The van der Waals surface area contributed by atoms with Gasteiger partial charge in [-0.3, -0.25) is 0 Å². The van der Waals surface area contributed by atoms with Gasteiger partial charge in [-0.15, -0.1) is 0 Å². The minimum Gasteiger partial charge on any atom is -0.399 e. The van der Waals surface area contributed by atoms with Crippen LogP contribution in [0.5, 0.6) is 0 Å². The third-order valence-corrected chi connectivity index (χ3v) is 2.48. The fraction of sp³-hybridized carbons (Fsp3) is 0. The number of rotatable bonds is 7. The molecule has 102 valence electrons. The predicted octanol–water partition coefficient (Wildman–Crippen LogP) is 4.31. The molecule has 0 aromatic heterocycles. The molecule has 1 aromatic rings. The topological polar surface area (TPSA) is 38.0 Å². The summed E-state index contributed by atoms with van der Waals surface area (Å²) in [5.41, 5.74) is 9.27. The van der Waals surface area contributed by atoms with E-state index < -0.39 is 0 Å². The quantitative estimate of drug-likeness (QED) is 0.720. The number of nitrogens with two attached hydrogens (primary N) is 1. The van der Waals surface area contributed by atoms with E-state index in [1.54, 1.807) is 12.2 Å². The van der Waals surface area contributed by atoms with Crippen LogP contribution >= 0.6 is 0 Å². The van der Waals surface area contributed by atoms with Crippen molar-refractivity contribution in [2.24, 2.45) is 5.73 Å². The molecule has 0 spiro atoms. The highest BCUT2D eigenvalue weighted by Gasteiger charge is 1.94. The largest absolute Gasteiger partial charge is 0.399 e. The van der Waals surface area contributed by atoms with Crippen molar-refractivity contribution < 1.29 is 0 Å². The highest BCUT2D eigenvalue weighted by atomic mass is 14.9. The van der Waals surface area contributed by atoms with Gasteiger partial charge in [0, 0.05) is 17.1 Å². The van der Waals surface area contributed by atoms with Crippen LogP contribution in [0.4, 0.5) is 5.69 Å². The van der Waals surface area contributed by atoms with E-state index in [1.807, 2.05) is 42.5 Å². The summed E-state index contributed by atoms with van der Waals surface area (Å²) in [7, 11) is 0. The van der Waals surface area contributed by atoms with Crippen LogP contribution in [0.3, 0.4) is 0 Å². The molecule has 0 saturated heterocycles. The van der Waals surface area contributed by atoms with Crippen LogP contribution in [-0.2, 0) is 0 Å². The van der Waals surface area contributed by atoms with Crippen molar-refractivity contribution >= 4 is 5.69 Å². The lowest BCUT2D eigenvalue weighted by atomic mass is 10.1. The average Bonchev–Trinajstić information content (AvgIpc) is 2.43. The van der Waals surface area contributed by atoms with Gasteiger partial charge in [0.25, 0.3) is 0 Å². The normalized spacial score (nSPS) is 10.6. The molecule has 1 aromatic carbocycles. The molecule has 2 heteroatoms. The van der Waals surface area contributed by atoms with Gasteiger partial charge in [0.15, 0.2) is 0 Å². The SMILES string of the molecule is C=C(N)/C=C\C(=C)C(=C)/C=C\C(=C)Nc1ccccc1. The van der Waals surface area contributed by atoms with Crippen molar-refractivity contribution in [1.82, 2.24) is 0 Å². The second kappa shape index (κ2) is 7.64. The highest BCUT2D eigenvalue weighted by Crippen LogP contribution is 2.12. The number of nitrogens with one attached hydrogen (secondary N) is 1. The number of benzene rings is 1. The van der Waals surface area contributed by atoms with E-state index in [1.165, 1.54) is 0 Å². The summed E-state index contributed by atoms with van der Waals surface area (Å²) in [6, 6.07) is 9.84. The van der Waals surface area contributed by atoms with E-state index >= 15 is 0 Å². The van der Waals surface area contributed by atoms with Gasteiger partial charge >= 0.3 is 0 Å². The van der Waals surface area contributed by atoms with Gasteiger partial charge in [-0.2, -0.15) is 0 Å². The maximum Gasteiger partial charge on any atom is 0.0384 e. The first-order chi connectivity index (χ1) is 9.49. The summed E-state index contributed by atoms with van der Waals surface area (Å²) < 4.78 is 0. The van der Waals surface area contributed by atoms with Crippen molar-refractivity contribution in [3.05, 3.63) is 103 Å².